The molecule has 7 nitrogen and oxygen atoms in total. The van der Waals surface area contributed by atoms with Gasteiger partial charge in [-0.3, -0.25) is 24.2 Å². The first-order valence-electron chi connectivity index (χ1n) is 9.63. The summed E-state index contributed by atoms with van der Waals surface area (Å²) in [5.41, 5.74) is 2.58. The molecule has 2 heterocycles. The minimum absolute atomic E-state index is 0.311. The van der Waals surface area contributed by atoms with Crippen LogP contribution in [0.1, 0.15) is 26.3 Å². The normalized spacial score (nSPS) is 13.4. The fourth-order valence-electron chi connectivity index (χ4n) is 3.42. The van der Waals surface area contributed by atoms with Crippen LogP contribution in [0.25, 0.3) is 10.2 Å². The highest BCUT2D eigenvalue weighted by Crippen LogP contribution is 2.31. The summed E-state index contributed by atoms with van der Waals surface area (Å²) in [5.74, 6) is -1.20. The third-order valence-corrected chi connectivity index (χ3v) is 6.13. The van der Waals surface area contributed by atoms with E-state index in [0.717, 1.165) is 20.7 Å². The summed E-state index contributed by atoms with van der Waals surface area (Å²) in [6.07, 6.45) is 0. The zero-order valence-corrected chi connectivity index (χ0v) is 17.9. The van der Waals surface area contributed by atoms with E-state index in [1.54, 1.807) is 29.2 Å². The van der Waals surface area contributed by atoms with Gasteiger partial charge in [0.1, 0.15) is 6.54 Å². The number of hydrogen-bond donors (Lipinski definition) is 0. The van der Waals surface area contributed by atoms with Gasteiger partial charge in [-0.05, 0) is 44.8 Å². The van der Waals surface area contributed by atoms with Gasteiger partial charge in [0.05, 0.1) is 21.3 Å². The first-order valence-corrected chi connectivity index (χ1v) is 10.4. The number of aromatic nitrogens is 1. The number of thiazole rings is 1. The van der Waals surface area contributed by atoms with Crippen molar-refractivity contribution in [3.8, 4) is 0 Å². The minimum atomic E-state index is -0.434. The Morgan fingerprint density at radius 3 is 2.27 bits per heavy atom. The molecule has 4 rings (SSSR count). The molecule has 1 aliphatic rings. The maximum absolute atomic E-state index is 13.2. The van der Waals surface area contributed by atoms with E-state index in [9.17, 15) is 14.4 Å². The van der Waals surface area contributed by atoms with Crippen molar-refractivity contribution in [2.24, 2.45) is 0 Å². The van der Waals surface area contributed by atoms with Gasteiger partial charge in [-0.2, -0.15) is 0 Å². The van der Waals surface area contributed by atoms with Crippen LogP contribution in [0, 0.1) is 6.92 Å². The van der Waals surface area contributed by atoms with Crippen LogP contribution in [0.5, 0.6) is 0 Å². The second-order valence-corrected chi connectivity index (χ2v) is 8.52. The van der Waals surface area contributed by atoms with Gasteiger partial charge in [-0.1, -0.05) is 35.6 Å². The smallest absolute Gasteiger partial charge is 0.262 e. The van der Waals surface area contributed by atoms with Gasteiger partial charge in [-0.25, -0.2) is 4.98 Å². The number of amides is 3. The van der Waals surface area contributed by atoms with Crippen molar-refractivity contribution in [3.05, 3.63) is 59.2 Å². The van der Waals surface area contributed by atoms with Crippen LogP contribution in [-0.4, -0.2) is 66.2 Å². The number of anilines is 1. The van der Waals surface area contributed by atoms with Gasteiger partial charge in [0, 0.05) is 13.1 Å². The third kappa shape index (κ3) is 3.59. The lowest BCUT2D eigenvalue weighted by Gasteiger charge is -2.24. The van der Waals surface area contributed by atoms with Crippen molar-refractivity contribution in [3.63, 3.8) is 0 Å². The Bertz CT molecular complexity index is 1120. The minimum Gasteiger partial charge on any atom is -0.308 e. The summed E-state index contributed by atoms with van der Waals surface area (Å²) in [6, 6.07) is 12.6. The average Bonchev–Trinajstić information content (AvgIpc) is 3.25. The molecular weight excluding hydrogens is 400 g/mol. The average molecular weight is 423 g/mol. The van der Waals surface area contributed by atoms with Crippen LogP contribution in [0.2, 0.25) is 0 Å². The van der Waals surface area contributed by atoms with E-state index in [4.69, 9.17) is 0 Å². The molecule has 3 aromatic rings. The molecule has 3 amide bonds. The van der Waals surface area contributed by atoms with E-state index < -0.39 is 11.8 Å². The number of likely N-dealkylation sites (N-methyl/N-ethyl adjacent to an activating group) is 1. The second-order valence-electron chi connectivity index (χ2n) is 7.51. The lowest BCUT2D eigenvalue weighted by molar-refractivity contribution is -0.119. The Kier molecular flexibility index (Phi) is 5.36. The summed E-state index contributed by atoms with van der Waals surface area (Å²) in [5, 5.41) is 0.572. The van der Waals surface area contributed by atoms with Crippen LogP contribution in [-0.2, 0) is 4.79 Å². The first-order chi connectivity index (χ1) is 14.4. The molecule has 8 heteroatoms. The molecule has 2 aromatic carbocycles. The van der Waals surface area contributed by atoms with E-state index >= 15 is 0 Å². The maximum atomic E-state index is 13.2. The lowest BCUT2D eigenvalue weighted by Crippen LogP contribution is -2.45. The van der Waals surface area contributed by atoms with E-state index in [-0.39, 0.29) is 12.5 Å². The predicted octanol–water partition coefficient (Wildman–Crippen LogP) is 2.80. The molecule has 0 N–H and O–H groups in total. The van der Waals surface area contributed by atoms with E-state index in [1.807, 2.05) is 44.1 Å². The number of carbonyl (C=O) groups excluding carboxylic acids is 3. The van der Waals surface area contributed by atoms with Crippen molar-refractivity contribution in [1.29, 1.82) is 0 Å². The highest BCUT2D eigenvalue weighted by Gasteiger charge is 2.37. The maximum Gasteiger partial charge on any atom is 0.262 e. The van der Waals surface area contributed by atoms with E-state index in [0.29, 0.717) is 29.3 Å². The second kappa shape index (κ2) is 7.97. The monoisotopic (exact) mass is 422 g/mol. The third-order valence-electron chi connectivity index (χ3n) is 5.08. The molecule has 1 aromatic heterocycles. The number of imide groups is 1. The Balaban J connectivity index is 1.62. The molecule has 154 valence electrons. The van der Waals surface area contributed by atoms with Crippen LogP contribution in [0.3, 0.4) is 0 Å². The number of carbonyl (C=O) groups is 3. The van der Waals surface area contributed by atoms with Crippen LogP contribution in [0.15, 0.2) is 42.5 Å². The molecule has 0 atom stereocenters. The molecule has 0 spiro atoms. The summed E-state index contributed by atoms with van der Waals surface area (Å²) in [7, 11) is 3.85. The van der Waals surface area contributed by atoms with Gasteiger partial charge < -0.3 is 4.90 Å². The van der Waals surface area contributed by atoms with Crippen molar-refractivity contribution < 1.29 is 14.4 Å². The molecular formula is C22H22N4O3S. The highest BCUT2D eigenvalue weighted by atomic mass is 32.1. The van der Waals surface area contributed by atoms with Crippen LogP contribution >= 0.6 is 11.3 Å². The highest BCUT2D eigenvalue weighted by molar-refractivity contribution is 7.22. The van der Waals surface area contributed by atoms with Crippen molar-refractivity contribution >= 4 is 44.4 Å². The van der Waals surface area contributed by atoms with Gasteiger partial charge in [0.25, 0.3) is 11.8 Å². The molecule has 0 unspecified atom stereocenters. The molecule has 30 heavy (non-hydrogen) atoms. The van der Waals surface area contributed by atoms with Crippen molar-refractivity contribution in [1.82, 2.24) is 14.8 Å². The number of rotatable bonds is 6. The fraction of sp³-hybridized carbons (Fsp3) is 0.273. The number of benzene rings is 2. The number of hydrogen-bond acceptors (Lipinski definition) is 6. The molecule has 0 aliphatic carbocycles. The van der Waals surface area contributed by atoms with Gasteiger partial charge >= 0.3 is 0 Å². The fourth-order valence-corrected chi connectivity index (χ4v) is 4.51. The lowest BCUT2D eigenvalue weighted by atomic mass is 10.1. The molecule has 1 aliphatic heterocycles. The zero-order chi connectivity index (χ0) is 21.4. The summed E-state index contributed by atoms with van der Waals surface area (Å²) >= 11 is 1.43. The zero-order valence-electron chi connectivity index (χ0n) is 17.1. The molecule has 0 saturated heterocycles. The van der Waals surface area contributed by atoms with Gasteiger partial charge in [-0.15, -0.1) is 0 Å². The Labute approximate surface area is 178 Å². The van der Waals surface area contributed by atoms with Crippen molar-refractivity contribution in [2.45, 2.75) is 6.92 Å². The SMILES string of the molecule is Cc1cccc2sc(N(CCN(C)C)C(=O)CN3C(=O)c4ccccc4C3=O)nc12. The summed E-state index contributed by atoms with van der Waals surface area (Å²) in [4.78, 5) is 47.8. The topological polar surface area (TPSA) is 73.8 Å². The van der Waals surface area contributed by atoms with Crippen LogP contribution < -0.4 is 4.90 Å². The Hall–Kier alpha value is -3.10. The summed E-state index contributed by atoms with van der Waals surface area (Å²) in [6.45, 7) is 2.71. The van der Waals surface area contributed by atoms with Gasteiger partial charge in [0.2, 0.25) is 5.91 Å². The predicted molar refractivity (Wildman–Crippen MR) is 117 cm³/mol. The first kappa shape index (κ1) is 20.2. The number of aryl methyl sites for hydroxylation is 1. The quantitative estimate of drug-likeness (QED) is 0.571. The number of nitrogens with zero attached hydrogens (tertiary/aromatic N) is 4. The molecule has 0 bridgehead atoms. The number of fused-ring (bicyclic) bond motifs is 2. The standard InChI is InChI=1S/C22H22N4O3S/c1-14-7-6-10-17-19(14)23-22(30-17)25(12-11-24(2)3)18(27)13-26-20(28)15-8-4-5-9-16(15)21(26)29/h4-10H,11-13H2,1-3H3. The Morgan fingerprint density at radius 1 is 1.00 bits per heavy atom. The van der Waals surface area contributed by atoms with Crippen molar-refractivity contribution in [2.75, 3.05) is 38.6 Å². The van der Waals surface area contributed by atoms with E-state index in [2.05, 4.69) is 4.98 Å². The molecule has 0 fully saturated rings. The van der Waals surface area contributed by atoms with E-state index in [1.165, 1.54) is 11.3 Å². The largest absolute Gasteiger partial charge is 0.308 e. The van der Waals surface area contributed by atoms with Gasteiger partial charge in [0.15, 0.2) is 5.13 Å². The molecule has 0 radical (unpaired) electrons. The molecule has 0 saturated carbocycles. The van der Waals surface area contributed by atoms with Crippen LogP contribution in [0.4, 0.5) is 5.13 Å². The number of para-hydroxylation sites is 1. The Morgan fingerprint density at radius 2 is 1.67 bits per heavy atom. The summed E-state index contributed by atoms with van der Waals surface area (Å²) < 4.78 is 0.994.